The van der Waals surface area contributed by atoms with E-state index in [0.29, 0.717) is 30.0 Å². The van der Waals surface area contributed by atoms with Crippen LogP contribution >= 0.6 is 11.6 Å². The predicted molar refractivity (Wildman–Crippen MR) is 127 cm³/mol. The van der Waals surface area contributed by atoms with Gasteiger partial charge in [-0.05, 0) is 55.0 Å². The maximum Gasteiger partial charge on any atom is 0.251 e. The number of imidazole rings is 1. The number of nitrogens with one attached hydrogen (secondary N) is 2. The topological polar surface area (TPSA) is 76.0 Å². The molecule has 2 N–H and O–H groups in total. The minimum atomic E-state index is -0.488. The highest BCUT2D eigenvalue weighted by atomic mass is 35.5. The van der Waals surface area contributed by atoms with E-state index in [9.17, 15) is 14.0 Å². The summed E-state index contributed by atoms with van der Waals surface area (Å²) in [5.41, 5.74) is 2.27. The summed E-state index contributed by atoms with van der Waals surface area (Å²) in [7, 11) is 0. The smallest absolute Gasteiger partial charge is 0.251 e. The molecule has 0 saturated heterocycles. The number of aromatic nitrogens is 2. The molecule has 0 fully saturated rings. The molecule has 1 aromatic heterocycles. The van der Waals surface area contributed by atoms with Crippen molar-refractivity contribution in [2.45, 2.75) is 19.4 Å². The summed E-state index contributed by atoms with van der Waals surface area (Å²) in [6, 6.07) is 20.3. The third-order valence-electron chi connectivity index (χ3n) is 5.15. The van der Waals surface area contributed by atoms with Crippen LogP contribution in [0.15, 0.2) is 72.8 Å². The SMILES string of the molecule is O=C(Cn1c(CCCNC(=O)c2ccc(Cl)cc2)nc2ccccc21)Nc1ccccc1F. The van der Waals surface area contributed by atoms with E-state index in [-0.39, 0.29) is 24.0 Å². The van der Waals surface area contributed by atoms with Crippen LogP contribution in [0.2, 0.25) is 5.02 Å². The van der Waals surface area contributed by atoms with Gasteiger partial charge >= 0.3 is 0 Å². The Bertz CT molecular complexity index is 1290. The number of hydrogen-bond acceptors (Lipinski definition) is 3. The number of anilines is 1. The molecule has 1 heterocycles. The first-order chi connectivity index (χ1) is 16.0. The van der Waals surface area contributed by atoms with Crippen molar-refractivity contribution < 1.29 is 14.0 Å². The Morgan fingerprint density at radius 1 is 0.970 bits per heavy atom. The molecule has 0 aliphatic carbocycles. The zero-order valence-electron chi connectivity index (χ0n) is 17.7. The van der Waals surface area contributed by atoms with Crippen LogP contribution in [-0.4, -0.2) is 27.9 Å². The van der Waals surface area contributed by atoms with E-state index in [0.717, 1.165) is 16.9 Å². The van der Waals surface area contributed by atoms with E-state index in [4.69, 9.17) is 11.6 Å². The van der Waals surface area contributed by atoms with Crippen molar-refractivity contribution >= 4 is 40.1 Å². The molecular formula is C25H22ClFN4O2. The number of benzene rings is 3. The van der Waals surface area contributed by atoms with Gasteiger partial charge in [0.1, 0.15) is 18.2 Å². The van der Waals surface area contributed by atoms with Gasteiger partial charge < -0.3 is 15.2 Å². The largest absolute Gasteiger partial charge is 0.352 e. The van der Waals surface area contributed by atoms with Crippen molar-refractivity contribution in [2.75, 3.05) is 11.9 Å². The number of hydrogen-bond donors (Lipinski definition) is 2. The summed E-state index contributed by atoms with van der Waals surface area (Å²) in [6.45, 7) is 0.452. The van der Waals surface area contributed by atoms with Gasteiger partial charge in [0.05, 0.1) is 16.7 Å². The highest BCUT2D eigenvalue weighted by Gasteiger charge is 2.15. The minimum absolute atomic E-state index is 0.00130. The first-order valence-corrected chi connectivity index (χ1v) is 10.9. The van der Waals surface area contributed by atoms with Crippen molar-refractivity contribution in [2.24, 2.45) is 0 Å². The quantitative estimate of drug-likeness (QED) is 0.367. The summed E-state index contributed by atoms with van der Waals surface area (Å²) in [5, 5.41) is 6.07. The molecule has 0 aliphatic heterocycles. The van der Waals surface area contributed by atoms with E-state index < -0.39 is 5.82 Å². The van der Waals surface area contributed by atoms with Crippen molar-refractivity contribution in [1.82, 2.24) is 14.9 Å². The van der Waals surface area contributed by atoms with E-state index in [1.165, 1.54) is 12.1 Å². The minimum Gasteiger partial charge on any atom is -0.352 e. The van der Waals surface area contributed by atoms with Gasteiger partial charge in [-0.1, -0.05) is 35.9 Å². The zero-order valence-corrected chi connectivity index (χ0v) is 18.5. The molecule has 33 heavy (non-hydrogen) atoms. The van der Waals surface area contributed by atoms with Crippen LogP contribution in [0.25, 0.3) is 11.0 Å². The number of carbonyl (C=O) groups excluding carboxylic acids is 2. The lowest BCUT2D eigenvalue weighted by Gasteiger charge is -2.11. The van der Waals surface area contributed by atoms with E-state index >= 15 is 0 Å². The number of carbonyl (C=O) groups is 2. The van der Waals surface area contributed by atoms with Gasteiger partial charge in [-0.3, -0.25) is 9.59 Å². The maximum atomic E-state index is 13.9. The Hall–Kier alpha value is -3.71. The fourth-order valence-electron chi connectivity index (χ4n) is 3.54. The van der Waals surface area contributed by atoms with Gasteiger partial charge in [-0.25, -0.2) is 9.37 Å². The number of rotatable bonds is 8. The standard InChI is InChI=1S/C25H22ClFN4O2/c26-18-13-11-17(12-14-18)25(33)28-15-5-10-23-29-21-8-3-4-9-22(21)31(23)16-24(32)30-20-7-2-1-6-19(20)27/h1-4,6-9,11-14H,5,10,15-16H2,(H,28,33)(H,30,32). The first-order valence-electron chi connectivity index (χ1n) is 10.5. The molecule has 168 valence electrons. The van der Waals surface area contributed by atoms with E-state index in [1.54, 1.807) is 36.4 Å². The molecule has 0 unspecified atom stereocenters. The third-order valence-corrected chi connectivity index (χ3v) is 5.40. The van der Waals surface area contributed by atoms with Gasteiger partial charge in [0.2, 0.25) is 5.91 Å². The van der Waals surface area contributed by atoms with Crippen LogP contribution in [0.5, 0.6) is 0 Å². The van der Waals surface area contributed by atoms with E-state index in [2.05, 4.69) is 15.6 Å². The Kier molecular flexibility index (Phi) is 7.00. The lowest BCUT2D eigenvalue weighted by atomic mass is 10.2. The lowest BCUT2D eigenvalue weighted by Crippen LogP contribution is -2.25. The maximum absolute atomic E-state index is 13.9. The van der Waals surface area contributed by atoms with Crippen LogP contribution in [0, 0.1) is 5.82 Å². The highest BCUT2D eigenvalue weighted by molar-refractivity contribution is 6.30. The van der Waals surface area contributed by atoms with Crippen molar-refractivity contribution in [1.29, 1.82) is 0 Å². The molecule has 8 heteroatoms. The van der Waals surface area contributed by atoms with Crippen molar-refractivity contribution in [3.8, 4) is 0 Å². The average Bonchev–Trinajstić information content (AvgIpc) is 3.15. The Labute approximate surface area is 195 Å². The number of halogens is 2. The molecule has 3 aromatic carbocycles. The lowest BCUT2D eigenvalue weighted by molar-refractivity contribution is -0.116. The fourth-order valence-corrected chi connectivity index (χ4v) is 3.67. The second kappa shape index (κ2) is 10.3. The van der Waals surface area contributed by atoms with Crippen LogP contribution in [0.1, 0.15) is 22.6 Å². The fraction of sp³-hybridized carbons (Fsp3) is 0.160. The van der Waals surface area contributed by atoms with Crippen molar-refractivity contribution in [3.05, 3.63) is 95.0 Å². The normalized spacial score (nSPS) is 10.8. The second-order valence-electron chi connectivity index (χ2n) is 7.50. The summed E-state index contributed by atoms with van der Waals surface area (Å²) < 4.78 is 15.7. The summed E-state index contributed by atoms with van der Waals surface area (Å²) in [6.07, 6.45) is 1.19. The van der Waals surface area contributed by atoms with Gasteiger partial charge in [-0.15, -0.1) is 0 Å². The van der Waals surface area contributed by atoms with Gasteiger partial charge in [-0.2, -0.15) is 0 Å². The molecule has 0 atom stereocenters. The summed E-state index contributed by atoms with van der Waals surface area (Å²) in [5.74, 6) is -0.288. The Balaban J connectivity index is 1.41. The van der Waals surface area contributed by atoms with Crippen molar-refractivity contribution in [3.63, 3.8) is 0 Å². The Morgan fingerprint density at radius 3 is 2.48 bits per heavy atom. The second-order valence-corrected chi connectivity index (χ2v) is 7.93. The zero-order chi connectivity index (χ0) is 23.2. The number of nitrogens with zero attached hydrogens (tertiary/aromatic N) is 2. The summed E-state index contributed by atoms with van der Waals surface area (Å²) >= 11 is 5.86. The number of amides is 2. The number of fused-ring (bicyclic) bond motifs is 1. The molecule has 4 rings (SSSR count). The van der Waals surface area contributed by atoms with Crippen LogP contribution < -0.4 is 10.6 Å². The Morgan fingerprint density at radius 2 is 1.70 bits per heavy atom. The average molecular weight is 465 g/mol. The van der Waals surface area contributed by atoms with E-state index in [1.807, 2.05) is 28.8 Å². The van der Waals surface area contributed by atoms with Gasteiger partial charge in [0.15, 0.2) is 0 Å². The molecule has 0 saturated carbocycles. The molecule has 2 amide bonds. The number of para-hydroxylation sites is 3. The van der Waals surface area contributed by atoms with Crippen LogP contribution in [0.3, 0.4) is 0 Å². The number of aryl methyl sites for hydroxylation is 1. The highest BCUT2D eigenvalue weighted by Crippen LogP contribution is 2.18. The molecule has 0 spiro atoms. The van der Waals surface area contributed by atoms with Gasteiger partial charge in [0, 0.05) is 23.6 Å². The molecule has 0 bridgehead atoms. The van der Waals surface area contributed by atoms with Gasteiger partial charge in [0.25, 0.3) is 5.91 Å². The monoisotopic (exact) mass is 464 g/mol. The van der Waals surface area contributed by atoms with Crippen LogP contribution in [-0.2, 0) is 17.8 Å². The third kappa shape index (κ3) is 5.56. The molecule has 6 nitrogen and oxygen atoms in total. The molecule has 0 radical (unpaired) electrons. The molecule has 4 aromatic rings. The molecule has 0 aliphatic rings. The summed E-state index contributed by atoms with van der Waals surface area (Å²) in [4.78, 5) is 29.6. The predicted octanol–water partition coefficient (Wildman–Crippen LogP) is 4.83. The van der Waals surface area contributed by atoms with Crippen LogP contribution in [0.4, 0.5) is 10.1 Å². The molecular weight excluding hydrogens is 443 g/mol. The first kappa shape index (κ1) is 22.5.